The van der Waals surface area contributed by atoms with Crippen molar-refractivity contribution in [3.63, 3.8) is 0 Å². The molecule has 3 nitrogen and oxygen atoms in total. The van der Waals surface area contributed by atoms with E-state index in [1.807, 2.05) is 78.8 Å². The Labute approximate surface area is 135 Å². The minimum atomic E-state index is -0.350. The van der Waals surface area contributed by atoms with Crippen molar-refractivity contribution in [1.29, 1.82) is 0 Å². The second-order valence-electron chi connectivity index (χ2n) is 5.32. The molecule has 116 valence electrons. The second kappa shape index (κ2) is 7.01. The van der Waals surface area contributed by atoms with Gasteiger partial charge in [0.25, 0.3) is 0 Å². The van der Waals surface area contributed by atoms with E-state index in [0.717, 1.165) is 22.2 Å². The zero-order chi connectivity index (χ0) is 16.1. The summed E-state index contributed by atoms with van der Waals surface area (Å²) in [6.07, 6.45) is 5.70. The average molecular weight is 307 g/mol. The highest BCUT2D eigenvalue weighted by Crippen LogP contribution is 2.16. The van der Waals surface area contributed by atoms with Gasteiger partial charge in [-0.05, 0) is 29.8 Å². The summed E-state index contributed by atoms with van der Waals surface area (Å²) in [5.41, 5.74) is 2.99. The number of hydrogen-bond donors (Lipinski definition) is 0. The van der Waals surface area contributed by atoms with Crippen LogP contribution in [0.5, 0.6) is 0 Å². The zero-order valence-electron chi connectivity index (χ0n) is 13.0. The Balaban J connectivity index is 1.76. The maximum absolute atomic E-state index is 12.4. The highest BCUT2D eigenvalue weighted by molar-refractivity contribution is 5.79. The van der Waals surface area contributed by atoms with Crippen molar-refractivity contribution in [3.05, 3.63) is 66.1 Å². The van der Waals surface area contributed by atoms with Gasteiger partial charge in [-0.1, -0.05) is 36.4 Å². The van der Waals surface area contributed by atoms with Gasteiger partial charge in [0.15, 0.2) is 5.82 Å². The lowest BCUT2D eigenvalue weighted by Crippen LogP contribution is -2.19. The third-order valence-corrected chi connectivity index (χ3v) is 3.69. The first-order chi connectivity index (χ1) is 11.3. The first kappa shape index (κ1) is 15.2. The lowest BCUT2D eigenvalue weighted by atomic mass is 10.2. The molecule has 1 heterocycles. The molecule has 0 amide bonds. The van der Waals surface area contributed by atoms with Gasteiger partial charge in [0.05, 0.1) is 5.52 Å². The molecular weight excluding hydrogens is 289 g/mol. The summed E-state index contributed by atoms with van der Waals surface area (Å²) in [6, 6.07) is 15.9. The molecular formula is C19H18FN3. The summed E-state index contributed by atoms with van der Waals surface area (Å²) in [7, 11) is 1.88. The van der Waals surface area contributed by atoms with Gasteiger partial charge in [-0.3, -0.25) is 0 Å². The maximum atomic E-state index is 12.4. The smallest absolute Gasteiger partial charge is 0.152 e. The fraction of sp³-hybridized carbons (Fsp3) is 0.158. The molecule has 3 rings (SSSR count). The molecule has 0 unspecified atom stereocenters. The van der Waals surface area contributed by atoms with Gasteiger partial charge < -0.3 is 4.90 Å². The first-order valence-corrected chi connectivity index (χ1v) is 7.53. The second-order valence-corrected chi connectivity index (χ2v) is 5.32. The first-order valence-electron chi connectivity index (χ1n) is 7.53. The van der Waals surface area contributed by atoms with Crippen LogP contribution in [0, 0.1) is 0 Å². The van der Waals surface area contributed by atoms with Gasteiger partial charge in [0.2, 0.25) is 0 Å². The van der Waals surface area contributed by atoms with E-state index >= 15 is 0 Å². The number of rotatable bonds is 5. The van der Waals surface area contributed by atoms with Crippen LogP contribution in [0.4, 0.5) is 10.1 Å². The van der Waals surface area contributed by atoms with Crippen LogP contribution < -0.4 is 4.90 Å². The average Bonchev–Trinajstić information content (AvgIpc) is 2.60. The molecule has 0 bridgehead atoms. The van der Waals surface area contributed by atoms with Crippen molar-refractivity contribution in [2.75, 3.05) is 25.2 Å². The molecule has 0 fully saturated rings. The van der Waals surface area contributed by atoms with E-state index < -0.39 is 0 Å². The van der Waals surface area contributed by atoms with Gasteiger partial charge in [0, 0.05) is 30.9 Å². The van der Waals surface area contributed by atoms with Crippen molar-refractivity contribution < 1.29 is 4.39 Å². The fourth-order valence-electron chi connectivity index (χ4n) is 2.33. The molecule has 2 aromatic carbocycles. The fourth-order valence-corrected chi connectivity index (χ4v) is 2.33. The minimum Gasteiger partial charge on any atom is -0.372 e. The van der Waals surface area contributed by atoms with E-state index in [1.54, 1.807) is 0 Å². The standard InChI is InChI=1S/C19H18FN3/c1-23(13-12-20)17-9-6-15(7-10-17)8-11-19-21-14-16-4-2-3-5-18(16)22-19/h2-11,14H,12-13H2,1H3/b11-8+. The Hall–Kier alpha value is -2.75. The number of nitrogens with zero attached hydrogens (tertiary/aromatic N) is 3. The van der Waals surface area contributed by atoms with Crippen LogP contribution >= 0.6 is 0 Å². The molecule has 0 aliphatic heterocycles. The zero-order valence-corrected chi connectivity index (χ0v) is 13.0. The number of halogens is 1. The highest BCUT2D eigenvalue weighted by Gasteiger charge is 2.00. The molecule has 0 N–H and O–H groups in total. The van der Waals surface area contributed by atoms with Crippen molar-refractivity contribution in [3.8, 4) is 0 Å². The van der Waals surface area contributed by atoms with Crippen LogP contribution in [0.15, 0.2) is 54.7 Å². The Morgan fingerprint density at radius 2 is 1.83 bits per heavy atom. The van der Waals surface area contributed by atoms with Crippen LogP contribution in [0.25, 0.3) is 23.1 Å². The van der Waals surface area contributed by atoms with E-state index in [4.69, 9.17) is 0 Å². The van der Waals surface area contributed by atoms with Crippen molar-refractivity contribution in [2.24, 2.45) is 0 Å². The number of aromatic nitrogens is 2. The quantitative estimate of drug-likeness (QED) is 0.707. The minimum absolute atomic E-state index is 0.350. The third-order valence-electron chi connectivity index (χ3n) is 3.69. The number of hydrogen-bond acceptors (Lipinski definition) is 3. The van der Waals surface area contributed by atoms with Crippen LogP contribution in [0.2, 0.25) is 0 Å². The predicted molar refractivity (Wildman–Crippen MR) is 94.2 cm³/mol. The molecule has 0 spiro atoms. The molecule has 0 saturated heterocycles. The van der Waals surface area contributed by atoms with Gasteiger partial charge >= 0.3 is 0 Å². The summed E-state index contributed by atoms with van der Waals surface area (Å²) in [4.78, 5) is 10.7. The monoisotopic (exact) mass is 307 g/mol. The number of alkyl halides is 1. The van der Waals surface area contributed by atoms with E-state index in [9.17, 15) is 4.39 Å². The topological polar surface area (TPSA) is 29.0 Å². The maximum Gasteiger partial charge on any atom is 0.152 e. The molecule has 0 atom stereocenters. The highest BCUT2D eigenvalue weighted by atomic mass is 19.1. The lowest BCUT2D eigenvalue weighted by Gasteiger charge is -2.17. The van der Waals surface area contributed by atoms with Crippen LogP contribution in [-0.2, 0) is 0 Å². The molecule has 0 radical (unpaired) electrons. The number of anilines is 1. The number of benzene rings is 2. The predicted octanol–water partition coefficient (Wildman–Crippen LogP) is 4.21. The Bertz CT molecular complexity index is 812. The van der Waals surface area contributed by atoms with Gasteiger partial charge in [0.1, 0.15) is 6.67 Å². The van der Waals surface area contributed by atoms with Crippen molar-refractivity contribution in [1.82, 2.24) is 9.97 Å². The van der Waals surface area contributed by atoms with Crippen LogP contribution in [0.1, 0.15) is 11.4 Å². The summed E-state index contributed by atoms with van der Waals surface area (Å²) in [5, 5.41) is 1.03. The Kier molecular flexibility index (Phi) is 4.62. The van der Waals surface area contributed by atoms with Gasteiger partial charge in [-0.15, -0.1) is 0 Å². The number of para-hydroxylation sites is 1. The van der Waals surface area contributed by atoms with E-state index in [1.165, 1.54) is 0 Å². The molecule has 3 aromatic rings. The molecule has 1 aromatic heterocycles. The van der Waals surface area contributed by atoms with Gasteiger partial charge in [-0.2, -0.15) is 0 Å². The molecule has 0 aliphatic rings. The molecule has 23 heavy (non-hydrogen) atoms. The van der Waals surface area contributed by atoms with Crippen molar-refractivity contribution >= 4 is 28.7 Å². The normalized spacial score (nSPS) is 11.2. The van der Waals surface area contributed by atoms with Crippen molar-refractivity contribution in [2.45, 2.75) is 0 Å². The molecule has 4 heteroatoms. The SMILES string of the molecule is CN(CCF)c1ccc(/C=C/c2ncc3ccccc3n2)cc1. The van der Waals surface area contributed by atoms with Crippen LogP contribution in [0.3, 0.4) is 0 Å². The summed E-state index contributed by atoms with van der Waals surface area (Å²) < 4.78 is 12.4. The molecule has 0 saturated carbocycles. The van der Waals surface area contributed by atoms with E-state index in [2.05, 4.69) is 9.97 Å². The third kappa shape index (κ3) is 3.72. The Morgan fingerprint density at radius 1 is 1.04 bits per heavy atom. The van der Waals surface area contributed by atoms with Crippen LogP contribution in [-0.4, -0.2) is 30.2 Å². The van der Waals surface area contributed by atoms with E-state index in [-0.39, 0.29) is 6.67 Å². The number of fused-ring (bicyclic) bond motifs is 1. The Morgan fingerprint density at radius 3 is 2.61 bits per heavy atom. The summed E-state index contributed by atoms with van der Waals surface area (Å²) in [5.74, 6) is 0.683. The lowest BCUT2D eigenvalue weighted by molar-refractivity contribution is 0.497. The van der Waals surface area contributed by atoms with Gasteiger partial charge in [-0.25, -0.2) is 14.4 Å². The molecule has 0 aliphatic carbocycles. The largest absolute Gasteiger partial charge is 0.372 e. The summed E-state index contributed by atoms with van der Waals surface area (Å²) in [6.45, 7) is 0.0531. The summed E-state index contributed by atoms with van der Waals surface area (Å²) >= 11 is 0. The van der Waals surface area contributed by atoms with E-state index in [0.29, 0.717) is 12.4 Å².